The van der Waals surface area contributed by atoms with Crippen LogP contribution in [-0.2, 0) is 14.8 Å². The Hall–Kier alpha value is -2.71. The summed E-state index contributed by atoms with van der Waals surface area (Å²) >= 11 is 0. The predicted molar refractivity (Wildman–Crippen MR) is 96.1 cm³/mol. The molecule has 132 valence electrons. The molecule has 0 saturated heterocycles. The highest BCUT2D eigenvalue weighted by atomic mass is 32.2. The molecule has 0 spiro atoms. The van der Waals surface area contributed by atoms with Crippen molar-refractivity contribution in [2.45, 2.75) is 18.7 Å². The van der Waals surface area contributed by atoms with Crippen LogP contribution in [0.25, 0.3) is 0 Å². The average molecular weight is 361 g/mol. The molecule has 0 bridgehead atoms. The van der Waals surface area contributed by atoms with Crippen molar-refractivity contribution in [3.05, 3.63) is 53.6 Å². The minimum absolute atomic E-state index is 0.00590. The summed E-state index contributed by atoms with van der Waals surface area (Å²) in [6.45, 7) is 3.21. The van der Waals surface area contributed by atoms with Gasteiger partial charge in [0, 0.05) is 23.9 Å². The van der Waals surface area contributed by atoms with E-state index in [9.17, 15) is 18.0 Å². The zero-order valence-corrected chi connectivity index (χ0v) is 14.9. The van der Waals surface area contributed by atoms with Gasteiger partial charge in [-0.05, 0) is 49.9 Å². The molecule has 0 aliphatic carbocycles. The van der Waals surface area contributed by atoms with Crippen LogP contribution in [0.3, 0.4) is 0 Å². The number of hydrogen-bond acceptors (Lipinski definition) is 4. The van der Waals surface area contributed by atoms with Gasteiger partial charge >= 0.3 is 0 Å². The number of amides is 2. The van der Waals surface area contributed by atoms with Crippen LogP contribution in [0.2, 0.25) is 0 Å². The van der Waals surface area contributed by atoms with Gasteiger partial charge in [0.15, 0.2) is 0 Å². The maximum Gasteiger partial charge on any atom is 0.255 e. The Labute approximate surface area is 146 Å². The van der Waals surface area contributed by atoms with E-state index in [1.54, 1.807) is 18.2 Å². The van der Waals surface area contributed by atoms with E-state index in [4.69, 9.17) is 0 Å². The van der Waals surface area contributed by atoms with Gasteiger partial charge in [0.2, 0.25) is 15.9 Å². The first-order valence-corrected chi connectivity index (χ1v) is 8.94. The molecule has 7 nitrogen and oxygen atoms in total. The number of aryl methyl sites for hydroxylation is 1. The molecule has 0 heterocycles. The molecular weight excluding hydrogens is 342 g/mol. The molecule has 0 atom stereocenters. The predicted octanol–water partition coefficient (Wildman–Crippen LogP) is 2.11. The Morgan fingerprint density at radius 2 is 1.72 bits per heavy atom. The quantitative estimate of drug-likeness (QED) is 0.758. The van der Waals surface area contributed by atoms with Crippen molar-refractivity contribution in [3.8, 4) is 0 Å². The van der Waals surface area contributed by atoms with Crippen LogP contribution in [-0.4, -0.2) is 27.3 Å². The van der Waals surface area contributed by atoms with Crippen LogP contribution in [0, 0.1) is 6.92 Å². The molecule has 2 aromatic carbocycles. The fourth-order valence-corrected chi connectivity index (χ4v) is 2.93. The lowest BCUT2D eigenvalue weighted by Gasteiger charge is -2.11. The van der Waals surface area contributed by atoms with Gasteiger partial charge in [-0.2, -0.15) is 0 Å². The largest absolute Gasteiger partial charge is 0.326 e. The van der Waals surface area contributed by atoms with Crippen molar-refractivity contribution in [2.24, 2.45) is 0 Å². The number of benzene rings is 2. The second-order valence-electron chi connectivity index (χ2n) is 5.40. The van der Waals surface area contributed by atoms with E-state index in [1.807, 2.05) is 6.92 Å². The molecular formula is C17H19N3O4S. The van der Waals surface area contributed by atoms with Crippen molar-refractivity contribution >= 4 is 33.2 Å². The molecule has 0 aliphatic rings. The zero-order chi connectivity index (χ0) is 18.6. The average Bonchev–Trinajstić information content (AvgIpc) is 2.57. The number of anilines is 2. The third-order valence-corrected chi connectivity index (χ3v) is 4.89. The lowest BCUT2D eigenvalue weighted by molar-refractivity contribution is -0.114. The fourth-order valence-electron chi connectivity index (χ4n) is 2.15. The highest BCUT2D eigenvalue weighted by Gasteiger charge is 2.15. The molecule has 0 saturated carbocycles. The molecule has 0 fully saturated rings. The molecule has 2 rings (SSSR count). The summed E-state index contributed by atoms with van der Waals surface area (Å²) < 4.78 is 25.9. The maximum absolute atomic E-state index is 12.5. The number of carbonyl (C=O) groups is 2. The number of sulfonamides is 1. The van der Waals surface area contributed by atoms with E-state index in [-0.39, 0.29) is 16.4 Å². The van der Waals surface area contributed by atoms with E-state index in [2.05, 4.69) is 15.4 Å². The number of rotatable bonds is 5. The Morgan fingerprint density at radius 1 is 1.00 bits per heavy atom. The van der Waals surface area contributed by atoms with Gasteiger partial charge in [0.05, 0.1) is 4.90 Å². The molecule has 0 radical (unpaired) electrons. The second-order valence-corrected chi connectivity index (χ2v) is 7.29. The van der Waals surface area contributed by atoms with Gasteiger partial charge in [-0.1, -0.05) is 12.1 Å². The number of nitrogens with one attached hydrogen (secondary N) is 3. The van der Waals surface area contributed by atoms with Gasteiger partial charge in [0.1, 0.15) is 0 Å². The first kappa shape index (κ1) is 18.6. The highest BCUT2D eigenvalue weighted by Crippen LogP contribution is 2.21. The molecule has 8 heteroatoms. The SMILES string of the molecule is CNS(=O)(=O)c1cccc(C(=O)Nc2cc(NC(C)=O)ccc2C)c1. The van der Waals surface area contributed by atoms with E-state index >= 15 is 0 Å². The van der Waals surface area contributed by atoms with Crippen LogP contribution >= 0.6 is 0 Å². The van der Waals surface area contributed by atoms with Gasteiger partial charge in [-0.25, -0.2) is 13.1 Å². The summed E-state index contributed by atoms with van der Waals surface area (Å²) in [5.41, 5.74) is 2.10. The third-order valence-electron chi connectivity index (χ3n) is 3.48. The van der Waals surface area contributed by atoms with E-state index in [1.165, 1.54) is 38.2 Å². The van der Waals surface area contributed by atoms with Crippen molar-refractivity contribution in [2.75, 3.05) is 17.7 Å². The topological polar surface area (TPSA) is 104 Å². The van der Waals surface area contributed by atoms with Crippen LogP contribution in [0.15, 0.2) is 47.4 Å². The Balaban J connectivity index is 2.28. The lowest BCUT2D eigenvalue weighted by Crippen LogP contribution is -2.20. The minimum Gasteiger partial charge on any atom is -0.326 e. The summed E-state index contributed by atoms with van der Waals surface area (Å²) in [6, 6.07) is 10.9. The van der Waals surface area contributed by atoms with Crippen molar-refractivity contribution < 1.29 is 18.0 Å². The molecule has 0 unspecified atom stereocenters. The molecule has 25 heavy (non-hydrogen) atoms. The highest BCUT2D eigenvalue weighted by molar-refractivity contribution is 7.89. The van der Waals surface area contributed by atoms with Crippen LogP contribution in [0.4, 0.5) is 11.4 Å². The maximum atomic E-state index is 12.5. The first-order chi connectivity index (χ1) is 11.7. The molecule has 0 aliphatic heterocycles. The first-order valence-electron chi connectivity index (χ1n) is 7.46. The monoisotopic (exact) mass is 361 g/mol. The zero-order valence-electron chi connectivity index (χ0n) is 14.1. The standard InChI is InChI=1S/C17H19N3O4S/c1-11-7-8-14(19-12(2)21)10-16(11)20-17(22)13-5-4-6-15(9-13)25(23,24)18-3/h4-10,18H,1-3H3,(H,19,21)(H,20,22). The van der Waals surface area contributed by atoms with Crippen LogP contribution < -0.4 is 15.4 Å². The second kappa shape index (κ2) is 7.45. The minimum atomic E-state index is -3.63. The summed E-state index contributed by atoms with van der Waals surface area (Å²) in [5, 5.41) is 5.38. The van der Waals surface area contributed by atoms with Gasteiger partial charge in [-0.15, -0.1) is 0 Å². The summed E-state index contributed by atoms with van der Waals surface area (Å²) in [4.78, 5) is 23.6. The van der Waals surface area contributed by atoms with Crippen LogP contribution in [0.5, 0.6) is 0 Å². The van der Waals surface area contributed by atoms with Crippen LogP contribution in [0.1, 0.15) is 22.8 Å². The van der Waals surface area contributed by atoms with Gasteiger partial charge in [-0.3, -0.25) is 9.59 Å². The Kier molecular flexibility index (Phi) is 5.55. The van der Waals surface area contributed by atoms with Crippen molar-refractivity contribution in [1.82, 2.24) is 4.72 Å². The molecule has 2 aromatic rings. The van der Waals surface area contributed by atoms with Crippen molar-refractivity contribution in [3.63, 3.8) is 0 Å². The van der Waals surface area contributed by atoms with Crippen molar-refractivity contribution in [1.29, 1.82) is 0 Å². The van der Waals surface area contributed by atoms with Gasteiger partial charge < -0.3 is 10.6 Å². The number of hydrogen-bond donors (Lipinski definition) is 3. The third kappa shape index (κ3) is 4.65. The van der Waals surface area contributed by atoms with E-state index in [0.717, 1.165) is 5.56 Å². The van der Waals surface area contributed by atoms with Gasteiger partial charge in [0.25, 0.3) is 5.91 Å². The summed E-state index contributed by atoms with van der Waals surface area (Å²) in [5.74, 6) is -0.665. The van der Waals surface area contributed by atoms with E-state index in [0.29, 0.717) is 11.4 Å². The fraction of sp³-hybridized carbons (Fsp3) is 0.176. The molecule has 3 N–H and O–H groups in total. The summed E-state index contributed by atoms with van der Waals surface area (Å²) in [6.07, 6.45) is 0. The molecule has 0 aromatic heterocycles. The number of carbonyl (C=O) groups excluding carboxylic acids is 2. The Morgan fingerprint density at radius 3 is 2.36 bits per heavy atom. The lowest BCUT2D eigenvalue weighted by atomic mass is 10.1. The smallest absolute Gasteiger partial charge is 0.255 e. The molecule has 2 amide bonds. The summed E-state index contributed by atoms with van der Waals surface area (Å²) in [7, 11) is -2.33. The van der Waals surface area contributed by atoms with E-state index < -0.39 is 15.9 Å². The Bertz CT molecular complexity index is 923. The normalized spacial score (nSPS) is 11.0.